The van der Waals surface area contributed by atoms with E-state index < -0.39 is 0 Å². The fourth-order valence-corrected chi connectivity index (χ4v) is 2.63. The van der Waals surface area contributed by atoms with Gasteiger partial charge in [-0.1, -0.05) is 25.1 Å². The Kier molecular flexibility index (Phi) is 5.44. The highest BCUT2D eigenvalue weighted by molar-refractivity contribution is 5.74. The van der Waals surface area contributed by atoms with E-state index in [9.17, 15) is 9.90 Å². The van der Waals surface area contributed by atoms with Gasteiger partial charge in [-0.05, 0) is 25.3 Å². The van der Waals surface area contributed by atoms with Gasteiger partial charge in [-0.3, -0.25) is 0 Å². The van der Waals surface area contributed by atoms with Crippen LogP contribution in [0.1, 0.15) is 38.3 Å². The van der Waals surface area contributed by atoms with Crippen LogP contribution in [0.4, 0.5) is 4.79 Å². The van der Waals surface area contributed by atoms with Gasteiger partial charge in [-0.25, -0.2) is 4.79 Å². The van der Waals surface area contributed by atoms with Crippen LogP contribution in [0.25, 0.3) is 0 Å². The molecule has 1 aromatic rings. The van der Waals surface area contributed by atoms with Crippen molar-refractivity contribution in [2.24, 2.45) is 5.92 Å². The first-order valence-corrected chi connectivity index (χ1v) is 7.50. The molecule has 0 aliphatic carbocycles. The van der Waals surface area contributed by atoms with Crippen molar-refractivity contribution in [3.63, 3.8) is 0 Å². The zero-order valence-corrected chi connectivity index (χ0v) is 12.6. The number of amides is 2. The first kappa shape index (κ1) is 15.6. The number of hydrogen-bond acceptors (Lipinski definition) is 3. The molecule has 0 saturated carbocycles. The van der Waals surface area contributed by atoms with Crippen LogP contribution >= 0.6 is 0 Å². The van der Waals surface area contributed by atoms with E-state index in [1.54, 1.807) is 6.92 Å². The first-order chi connectivity index (χ1) is 10.1. The fourth-order valence-electron chi connectivity index (χ4n) is 2.63. The molecule has 0 saturated heterocycles. The van der Waals surface area contributed by atoms with Gasteiger partial charge in [0.25, 0.3) is 0 Å². The highest BCUT2D eigenvalue weighted by atomic mass is 16.5. The Morgan fingerprint density at radius 1 is 1.43 bits per heavy atom. The van der Waals surface area contributed by atoms with Crippen LogP contribution in [-0.2, 0) is 0 Å². The molecule has 2 amide bonds. The molecule has 1 aliphatic heterocycles. The smallest absolute Gasteiger partial charge is 0.315 e. The number of fused-ring (bicyclic) bond motifs is 1. The molecule has 21 heavy (non-hydrogen) atoms. The minimum absolute atomic E-state index is 0.0120. The molecule has 3 unspecified atom stereocenters. The Balaban J connectivity index is 1.84. The van der Waals surface area contributed by atoms with Crippen LogP contribution in [0, 0.1) is 5.92 Å². The number of rotatable bonds is 5. The van der Waals surface area contributed by atoms with Gasteiger partial charge in [-0.15, -0.1) is 0 Å². The van der Waals surface area contributed by atoms with Crippen LogP contribution in [0.5, 0.6) is 5.75 Å². The second-order valence-corrected chi connectivity index (χ2v) is 5.77. The summed E-state index contributed by atoms with van der Waals surface area (Å²) in [6.07, 6.45) is 1.11. The first-order valence-electron chi connectivity index (χ1n) is 7.50. The molecule has 1 heterocycles. The van der Waals surface area contributed by atoms with Crippen molar-refractivity contribution in [2.45, 2.75) is 38.8 Å². The molecule has 2 rings (SSSR count). The third-order valence-corrected chi connectivity index (χ3v) is 3.62. The Morgan fingerprint density at radius 3 is 2.95 bits per heavy atom. The van der Waals surface area contributed by atoms with E-state index in [0.29, 0.717) is 19.6 Å². The maximum atomic E-state index is 12.0. The fraction of sp³-hybridized carbons (Fsp3) is 0.562. The lowest BCUT2D eigenvalue weighted by Gasteiger charge is -2.27. The molecule has 3 N–H and O–H groups in total. The van der Waals surface area contributed by atoms with E-state index in [0.717, 1.165) is 17.7 Å². The van der Waals surface area contributed by atoms with E-state index in [1.807, 2.05) is 31.2 Å². The molecule has 0 radical (unpaired) electrons. The zero-order valence-electron chi connectivity index (χ0n) is 12.6. The van der Waals surface area contributed by atoms with Crippen molar-refractivity contribution in [2.75, 3.05) is 13.2 Å². The summed E-state index contributed by atoms with van der Waals surface area (Å²) in [6, 6.07) is 7.60. The summed E-state index contributed by atoms with van der Waals surface area (Å²) in [5.41, 5.74) is 1.02. The lowest BCUT2D eigenvalue weighted by Crippen LogP contribution is -2.41. The number of hydrogen-bond donors (Lipinski definition) is 3. The van der Waals surface area contributed by atoms with Crippen LogP contribution in [0.2, 0.25) is 0 Å². The Hall–Kier alpha value is -1.75. The number of urea groups is 1. The quantitative estimate of drug-likeness (QED) is 0.779. The molecular formula is C16H24N2O3. The molecule has 0 bridgehead atoms. The van der Waals surface area contributed by atoms with Gasteiger partial charge in [-0.2, -0.15) is 0 Å². The third-order valence-electron chi connectivity index (χ3n) is 3.62. The molecule has 0 spiro atoms. The van der Waals surface area contributed by atoms with Crippen LogP contribution < -0.4 is 15.4 Å². The summed E-state index contributed by atoms with van der Waals surface area (Å²) < 4.78 is 5.58. The van der Waals surface area contributed by atoms with Gasteiger partial charge in [0.05, 0.1) is 18.8 Å². The summed E-state index contributed by atoms with van der Waals surface area (Å²) in [4.78, 5) is 12.0. The second-order valence-electron chi connectivity index (χ2n) is 5.77. The zero-order chi connectivity index (χ0) is 15.2. The predicted molar refractivity (Wildman–Crippen MR) is 81.3 cm³/mol. The van der Waals surface area contributed by atoms with E-state index in [1.165, 1.54) is 0 Å². The Morgan fingerprint density at radius 2 is 2.19 bits per heavy atom. The molecule has 116 valence electrons. The minimum atomic E-state index is -0.341. The lowest BCUT2D eigenvalue weighted by atomic mass is 10.0. The highest BCUT2D eigenvalue weighted by Crippen LogP contribution is 2.31. The van der Waals surface area contributed by atoms with Gasteiger partial charge >= 0.3 is 6.03 Å². The van der Waals surface area contributed by atoms with Gasteiger partial charge in [0.2, 0.25) is 0 Å². The molecule has 0 aromatic heterocycles. The van der Waals surface area contributed by atoms with E-state index in [4.69, 9.17) is 4.74 Å². The van der Waals surface area contributed by atoms with Crippen LogP contribution in [0.15, 0.2) is 24.3 Å². The van der Waals surface area contributed by atoms with Crippen molar-refractivity contribution in [1.29, 1.82) is 0 Å². The van der Waals surface area contributed by atoms with Crippen molar-refractivity contribution >= 4 is 6.03 Å². The maximum Gasteiger partial charge on any atom is 0.315 e. The van der Waals surface area contributed by atoms with Crippen molar-refractivity contribution in [3.05, 3.63) is 29.8 Å². The number of para-hydroxylation sites is 1. The Bertz CT molecular complexity index is 476. The predicted octanol–water partition coefficient (Wildman–Crippen LogP) is 2.22. The van der Waals surface area contributed by atoms with E-state index >= 15 is 0 Å². The number of aliphatic hydroxyl groups is 1. The topological polar surface area (TPSA) is 70.6 Å². The van der Waals surface area contributed by atoms with Crippen molar-refractivity contribution in [3.8, 4) is 5.75 Å². The molecule has 1 aliphatic rings. The normalized spacial score (nSPS) is 19.9. The molecule has 1 aromatic carbocycles. The molecule has 3 atom stereocenters. The van der Waals surface area contributed by atoms with Crippen LogP contribution in [0.3, 0.4) is 0 Å². The van der Waals surface area contributed by atoms with Gasteiger partial charge < -0.3 is 20.5 Å². The summed E-state index contributed by atoms with van der Waals surface area (Å²) >= 11 is 0. The standard InChI is InChI=1S/C16H24N2O3/c1-11(9-12(2)19)10-17-16(20)18-14-7-8-21-15-6-4-3-5-13(14)15/h3-6,11-12,14,19H,7-10H2,1-2H3,(H2,17,18,20). The summed E-state index contributed by atoms with van der Waals surface area (Å²) in [5.74, 6) is 1.09. The molecule has 5 nitrogen and oxygen atoms in total. The minimum Gasteiger partial charge on any atom is -0.493 e. The van der Waals surface area contributed by atoms with Gasteiger partial charge in [0.15, 0.2) is 0 Å². The van der Waals surface area contributed by atoms with Crippen molar-refractivity contribution < 1.29 is 14.6 Å². The summed E-state index contributed by atoms with van der Waals surface area (Å²) in [7, 11) is 0. The third kappa shape index (κ3) is 4.63. The molecule has 0 fully saturated rings. The van der Waals surface area contributed by atoms with Crippen LogP contribution in [-0.4, -0.2) is 30.4 Å². The van der Waals surface area contributed by atoms with E-state index in [-0.39, 0.29) is 24.1 Å². The SMILES string of the molecule is CC(O)CC(C)CNC(=O)NC1CCOc2ccccc21. The summed E-state index contributed by atoms with van der Waals surface area (Å²) in [5, 5.41) is 15.2. The van der Waals surface area contributed by atoms with Gasteiger partial charge in [0, 0.05) is 18.5 Å². The Labute approximate surface area is 125 Å². The van der Waals surface area contributed by atoms with Gasteiger partial charge in [0.1, 0.15) is 5.75 Å². The number of benzene rings is 1. The number of nitrogens with one attached hydrogen (secondary N) is 2. The maximum absolute atomic E-state index is 12.0. The van der Waals surface area contributed by atoms with Crippen molar-refractivity contribution in [1.82, 2.24) is 10.6 Å². The second kappa shape index (κ2) is 7.31. The molecule has 5 heteroatoms. The number of aliphatic hydroxyl groups excluding tert-OH is 1. The average Bonchev–Trinajstić information content (AvgIpc) is 2.45. The highest BCUT2D eigenvalue weighted by Gasteiger charge is 2.22. The molecular weight excluding hydrogens is 268 g/mol. The number of carbonyl (C=O) groups excluding carboxylic acids is 1. The largest absolute Gasteiger partial charge is 0.493 e. The van der Waals surface area contributed by atoms with E-state index in [2.05, 4.69) is 10.6 Å². The average molecular weight is 292 g/mol. The monoisotopic (exact) mass is 292 g/mol. The lowest BCUT2D eigenvalue weighted by molar-refractivity contribution is 0.163. The number of carbonyl (C=O) groups is 1. The number of ether oxygens (including phenoxy) is 1. The summed E-state index contributed by atoms with van der Waals surface area (Å²) in [6.45, 7) is 4.94.